The lowest BCUT2D eigenvalue weighted by Crippen LogP contribution is -2.46. The van der Waals surface area contributed by atoms with Crippen molar-refractivity contribution in [2.24, 2.45) is 0 Å². The van der Waals surface area contributed by atoms with Crippen molar-refractivity contribution in [2.45, 2.75) is 43.0 Å². The summed E-state index contributed by atoms with van der Waals surface area (Å²) in [6, 6.07) is 10.9. The van der Waals surface area contributed by atoms with E-state index in [0.29, 0.717) is 11.1 Å². The molecular weight excluding hydrogens is 400 g/mol. The van der Waals surface area contributed by atoms with Gasteiger partial charge in [-0.3, -0.25) is 4.31 Å². The molecule has 154 valence electrons. The van der Waals surface area contributed by atoms with Crippen LogP contribution in [-0.2, 0) is 20.0 Å². The summed E-state index contributed by atoms with van der Waals surface area (Å²) >= 11 is 0. The molecule has 0 unspecified atom stereocenters. The van der Waals surface area contributed by atoms with Crippen molar-refractivity contribution < 1.29 is 21.9 Å². The first-order valence-corrected chi connectivity index (χ1v) is 11.5. The van der Waals surface area contributed by atoms with Gasteiger partial charge in [-0.25, -0.2) is 21.6 Å². The second-order valence-corrected chi connectivity index (χ2v) is 11.0. The van der Waals surface area contributed by atoms with Crippen molar-refractivity contribution >= 4 is 25.7 Å². The average molecular weight is 427 g/mol. The molecule has 9 heteroatoms. The number of benzene rings is 2. The normalized spacial score (nSPS) is 12.8. The summed E-state index contributed by atoms with van der Waals surface area (Å²) in [7, 11) is -6.44. The van der Waals surface area contributed by atoms with Crippen LogP contribution >= 0.6 is 0 Å². The summed E-state index contributed by atoms with van der Waals surface area (Å²) in [6.07, 6.45) is 0. The molecule has 7 nitrogen and oxygen atoms in total. The van der Waals surface area contributed by atoms with Gasteiger partial charge >= 0.3 is 0 Å². The second-order valence-electron chi connectivity index (χ2n) is 7.34. The minimum Gasteiger partial charge on any atom is -0.394 e. The molecule has 2 aromatic rings. The molecule has 2 rings (SSSR count). The summed E-state index contributed by atoms with van der Waals surface area (Å²) in [6.45, 7) is 6.10. The largest absolute Gasteiger partial charge is 0.394 e. The molecule has 0 radical (unpaired) electrons. The van der Waals surface area contributed by atoms with Crippen LogP contribution in [0.3, 0.4) is 0 Å². The molecule has 0 aromatic heterocycles. The number of nitrogens with one attached hydrogen (secondary N) is 1. The fourth-order valence-corrected chi connectivity index (χ4v) is 5.71. The third-order valence-corrected chi connectivity index (χ3v) is 7.96. The smallest absolute Gasteiger partial charge is 0.264 e. The van der Waals surface area contributed by atoms with E-state index in [-0.39, 0.29) is 22.1 Å². The maximum atomic E-state index is 12.9. The molecule has 0 fully saturated rings. The summed E-state index contributed by atoms with van der Waals surface area (Å²) in [5, 5.41) is 9.38. The zero-order valence-corrected chi connectivity index (χ0v) is 18.2. The van der Waals surface area contributed by atoms with Crippen LogP contribution in [0.25, 0.3) is 0 Å². The Morgan fingerprint density at radius 1 is 1.00 bits per heavy atom. The predicted octanol–water partition coefficient (Wildman–Crippen LogP) is 2.18. The first-order valence-electron chi connectivity index (χ1n) is 8.62. The first-order chi connectivity index (χ1) is 12.8. The quantitative estimate of drug-likeness (QED) is 0.706. The fraction of sp³-hybridized carbons (Fsp3) is 0.368. The van der Waals surface area contributed by atoms with Crippen LogP contribution < -0.4 is 9.03 Å². The zero-order chi connectivity index (χ0) is 21.3. The van der Waals surface area contributed by atoms with Crippen molar-refractivity contribution in [3.8, 4) is 0 Å². The lowest BCUT2D eigenvalue weighted by molar-refractivity contribution is 0.208. The van der Waals surface area contributed by atoms with Gasteiger partial charge in [-0.15, -0.1) is 0 Å². The number of sulfonamides is 2. The molecule has 0 saturated carbocycles. The number of aliphatic hydroxyl groups excluding tert-OH is 1. The maximum Gasteiger partial charge on any atom is 0.264 e. The summed E-state index contributed by atoms with van der Waals surface area (Å²) < 4.78 is 55.1. The molecule has 0 aliphatic rings. The van der Waals surface area contributed by atoms with E-state index < -0.39 is 25.6 Å². The minimum atomic E-state index is -3.98. The number of aryl methyl sites for hydroxylation is 2. The molecule has 0 spiro atoms. The van der Waals surface area contributed by atoms with Crippen molar-refractivity contribution in [1.29, 1.82) is 0 Å². The van der Waals surface area contributed by atoms with E-state index in [1.165, 1.54) is 25.2 Å². The third kappa shape index (κ3) is 4.54. The molecule has 28 heavy (non-hydrogen) atoms. The highest BCUT2D eigenvalue weighted by molar-refractivity contribution is 7.92. The molecule has 0 aliphatic carbocycles. The van der Waals surface area contributed by atoms with E-state index >= 15 is 0 Å². The van der Waals surface area contributed by atoms with Crippen LogP contribution in [0.15, 0.2) is 52.3 Å². The van der Waals surface area contributed by atoms with Crippen molar-refractivity contribution in [3.05, 3.63) is 53.6 Å². The Labute approximate surface area is 167 Å². The molecule has 0 aliphatic heterocycles. The van der Waals surface area contributed by atoms with Crippen LogP contribution in [0.1, 0.15) is 25.0 Å². The van der Waals surface area contributed by atoms with E-state index in [9.17, 15) is 21.9 Å². The van der Waals surface area contributed by atoms with Gasteiger partial charge in [-0.1, -0.05) is 24.3 Å². The average Bonchev–Trinajstić information content (AvgIpc) is 2.61. The van der Waals surface area contributed by atoms with Crippen LogP contribution in [0, 0.1) is 13.8 Å². The van der Waals surface area contributed by atoms with E-state index in [2.05, 4.69) is 4.72 Å². The highest BCUT2D eigenvalue weighted by atomic mass is 32.2. The Balaban J connectivity index is 2.58. The lowest BCUT2D eigenvalue weighted by Gasteiger charge is -2.26. The van der Waals surface area contributed by atoms with Gasteiger partial charge in [0.25, 0.3) is 10.0 Å². The van der Waals surface area contributed by atoms with E-state index in [1.807, 2.05) is 0 Å². The van der Waals surface area contributed by atoms with E-state index in [4.69, 9.17) is 0 Å². The SMILES string of the molecule is Cc1cc(C)c(S(=O)(=O)NC(C)(C)CO)cc1N(C)S(=O)(=O)c1ccccc1. The van der Waals surface area contributed by atoms with E-state index in [1.54, 1.807) is 52.0 Å². The number of aliphatic hydroxyl groups is 1. The van der Waals surface area contributed by atoms with E-state index in [0.717, 1.165) is 4.31 Å². The Kier molecular flexibility index (Phi) is 6.25. The number of anilines is 1. The molecule has 2 N–H and O–H groups in total. The van der Waals surface area contributed by atoms with Crippen molar-refractivity contribution in [3.63, 3.8) is 0 Å². The maximum absolute atomic E-state index is 12.9. The molecule has 0 bridgehead atoms. The van der Waals surface area contributed by atoms with Gasteiger partial charge in [0, 0.05) is 7.05 Å². The van der Waals surface area contributed by atoms with Crippen LogP contribution in [0.5, 0.6) is 0 Å². The second kappa shape index (κ2) is 7.82. The Bertz CT molecular complexity index is 1060. The van der Waals surface area contributed by atoms with Crippen LogP contribution in [-0.4, -0.2) is 41.1 Å². The fourth-order valence-electron chi connectivity index (χ4n) is 2.78. The van der Waals surface area contributed by atoms with Gasteiger partial charge in [0.2, 0.25) is 10.0 Å². The molecule has 0 atom stereocenters. The number of nitrogens with zero attached hydrogens (tertiary/aromatic N) is 1. The minimum absolute atomic E-state index is 0.0373. The number of rotatable bonds is 7. The topological polar surface area (TPSA) is 104 Å². The van der Waals surface area contributed by atoms with Gasteiger partial charge in [0.1, 0.15) is 0 Å². The van der Waals surface area contributed by atoms with Gasteiger partial charge < -0.3 is 5.11 Å². The summed E-state index contributed by atoms with van der Waals surface area (Å²) in [5.74, 6) is 0. The summed E-state index contributed by atoms with van der Waals surface area (Å²) in [4.78, 5) is 0.0751. The Hall–Kier alpha value is -1.94. The summed E-state index contributed by atoms with van der Waals surface area (Å²) in [5.41, 5.74) is 0.308. The number of hydrogen-bond acceptors (Lipinski definition) is 5. The van der Waals surface area contributed by atoms with Gasteiger partial charge in [-0.2, -0.15) is 0 Å². The standard InChI is InChI=1S/C19H26N2O5S2/c1-14-11-15(2)18(27(23,24)20-19(3,4)13-22)12-17(14)21(5)28(25,26)16-9-7-6-8-10-16/h6-12,20,22H,13H2,1-5H3. The van der Waals surface area contributed by atoms with Crippen molar-refractivity contribution in [1.82, 2.24) is 4.72 Å². The number of hydrogen-bond donors (Lipinski definition) is 2. The first kappa shape index (κ1) is 22.4. The van der Waals surface area contributed by atoms with Gasteiger partial charge in [0.15, 0.2) is 0 Å². The molecule has 0 saturated heterocycles. The van der Waals surface area contributed by atoms with Gasteiger partial charge in [-0.05, 0) is 57.0 Å². The van der Waals surface area contributed by atoms with Crippen LogP contribution in [0.2, 0.25) is 0 Å². The zero-order valence-electron chi connectivity index (χ0n) is 16.6. The Morgan fingerprint density at radius 2 is 1.57 bits per heavy atom. The Morgan fingerprint density at radius 3 is 2.11 bits per heavy atom. The lowest BCUT2D eigenvalue weighted by atomic mass is 10.1. The molecule has 0 heterocycles. The molecule has 0 amide bonds. The molecular formula is C19H26N2O5S2. The monoisotopic (exact) mass is 426 g/mol. The highest BCUT2D eigenvalue weighted by Gasteiger charge is 2.29. The third-order valence-electron chi connectivity index (χ3n) is 4.33. The van der Waals surface area contributed by atoms with Crippen molar-refractivity contribution in [2.75, 3.05) is 18.0 Å². The predicted molar refractivity (Wildman–Crippen MR) is 109 cm³/mol. The van der Waals surface area contributed by atoms with Crippen LogP contribution in [0.4, 0.5) is 5.69 Å². The van der Waals surface area contributed by atoms with Gasteiger partial charge in [0.05, 0.1) is 27.6 Å². The highest BCUT2D eigenvalue weighted by Crippen LogP contribution is 2.30. The molecule has 2 aromatic carbocycles.